The first-order valence-corrected chi connectivity index (χ1v) is 11.7. The molecule has 0 radical (unpaired) electrons. The molecule has 3 aromatic rings. The summed E-state index contributed by atoms with van der Waals surface area (Å²) in [7, 11) is 0. The Bertz CT molecular complexity index is 1230. The first kappa shape index (κ1) is 23.9. The van der Waals surface area contributed by atoms with Crippen LogP contribution in [0, 0.1) is 22.7 Å². The number of thiophene rings is 1. The van der Waals surface area contributed by atoms with E-state index in [0.717, 1.165) is 45.6 Å². The molecule has 0 saturated heterocycles. The van der Waals surface area contributed by atoms with Crippen molar-refractivity contribution in [2.45, 2.75) is 40.5 Å². The Kier molecular flexibility index (Phi) is 8.08. The number of hydrogen-bond acceptors (Lipinski definition) is 5. The van der Waals surface area contributed by atoms with Crippen LogP contribution < -0.4 is 0 Å². The van der Waals surface area contributed by atoms with E-state index >= 15 is 0 Å². The molecule has 0 unspecified atom stereocenters. The molecule has 0 amide bonds. The standard InChI is InChI=1S/C28H26N2O2S/c1-5-23-24(6-2)28(26-16-14-22(32-26)12-8-10-20(4)18-30)33-27(23)25-15-13-21(31-25)11-7-9-19(3)17-29/h7-16H,5-6H2,1-4H3/b11-7+,12-8+,19-9-,20-10-. The van der Waals surface area contributed by atoms with Gasteiger partial charge in [0.05, 0.1) is 21.9 Å². The molecule has 3 rings (SSSR count). The van der Waals surface area contributed by atoms with Gasteiger partial charge in [0.15, 0.2) is 0 Å². The number of furan rings is 2. The Balaban J connectivity index is 1.94. The number of rotatable bonds is 8. The summed E-state index contributed by atoms with van der Waals surface area (Å²) < 4.78 is 12.2. The summed E-state index contributed by atoms with van der Waals surface area (Å²) in [6, 6.07) is 12.1. The third-order valence-corrected chi connectivity index (χ3v) is 6.39. The molecule has 0 aliphatic rings. The maximum atomic E-state index is 8.86. The van der Waals surface area contributed by atoms with Gasteiger partial charge in [0.1, 0.15) is 23.0 Å². The molecule has 0 aromatic carbocycles. The van der Waals surface area contributed by atoms with Crippen molar-refractivity contribution in [3.63, 3.8) is 0 Å². The predicted molar refractivity (Wildman–Crippen MR) is 135 cm³/mol. The van der Waals surface area contributed by atoms with Gasteiger partial charge in [-0.15, -0.1) is 11.3 Å². The zero-order valence-electron chi connectivity index (χ0n) is 19.3. The highest BCUT2D eigenvalue weighted by atomic mass is 32.1. The lowest BCUT2D eigenvalue weighted by Crippen LogP contribution is -1.89. The molecule has 0 N–H and O–H groups in total. The van der Waals surface area contributed by atoms with Crippen LogP contribution in [0.3, 0.4) is 0 Å². The molecule has 33 heavy (non-hydrogen) atoms. The zero-order chi connectivity index (χ0) is 23.8. The lowest BCUT2D eigenvalue weighted by Gasteiger charge is -2.02. The fraction of sp³-hybridized carbons (Fsp3) is 0.214. The van der Waals surface area contributed by atoms with E-state index in [0.29, 0.717) is 11.1 Å². The highest BCUT2D eigenvalue weighted by molar-refractivity contribution is 7.19. The largest absolute Gasteiger partial charge is 0.456 e. The van der Waals surface area contributed by atoms with Gasteiger partial charge in [-0.2, -0.15) is 10.5 Å². The SMILES string of the molecule is CCc1c(-c2ccc(/C=C/C=C(/C)C#N)o2)sc(-c2ccc(/C=C/C=C(/C)C#N)o2)c1CC. The molecule has 0 bridgehead atoms. The van der Waals surface area contributed by atoms with E-state index < -0.39 is 0 Å². The third kappa shape index (κ3) is 5.71. The van der Waals surface area contributed by atoms with Gasteiger partial charge in [0.2, 0.25) is 0 Å². The highest BCUT2D eigenvalue weighted by Crippen LogP contribution is 2.44. The first-order chi connectivity index (χ1) is 16.0. The Morgan fingerprint density at radius 1 is 0.788 bits per heavy atom. The van der Waals surface area contributed by atoms with Gasteiger partial charge in [-0.05, 0) is 86.4 Å². The Labute approximate surface area is 199 Å². The Hall–Kier alpha value is -3.80. The lowest BCUT2D eigenvalue weighted by atomic mass is 10.0. The minimum atomic E-state index is 0.644. The van der Waals surface area contributed by atoms with Crippen LogP contribution in [0.4, 0.5) is 0 Å². The maximum Gasteiger partial charge on any atom is 0.145 e. The van der Waals surface area contributed by atoms with Crippen molar-refractivity contribution in [3.05, 3.63) is 82.4 Å². The molecule has 0 atom stereocenters. The minimum Gasteiger partial charge on any atom is -0.456 e. The number of allylic oxidation sites excluding steroid dienone is 6. The van der Waals surface area contributed by atoms with E-state index in [1.165, 1.54) is 11.1 Å². The van der Waals surface area contributed by atoms with Crippen LogP contribution in [-0.2, 0) is 12.8 Å². The molecule has 3 aromatic heterocycles. The summed E-state index contributed by atoms with van der Waals surface area (Å²) in [4.78, 5) is 2.24. The van der Waals surface area contributed by atoms with Crippen molar-refractivity contribution in [3.8, 4) is 33.4 Å². The third-order valence-electron chi connectivity index (χ3n) is 5.09. The van der Waals surface area contributed by atoms with Crippen molar-refractivity contribution in [1.29, 1.82) is 10.5 Å². The lowest BCUT2D eigenvalue weighted by molar-refractivity contribution is 0.572. The van der Waals surface area contributed by atoms with Gasteiger partial charge >= 0.3 is 0 Å². The average Bonchev–Trinajstić information content (AvgIpc) is 3.56. The predicted octanol–water partition coefficient (Wildman–Crippen LogP) is 8.36. The summed E-state index contributed by atoms with van der Waals surface area (Å²) >= 11 is 1.69. The summed E-state index contributed by atoms with van der Waals surface area (Å²) in [5.41, 5.74) is 3.85. The Morgan fingerprint density at radius 3 is 1.58 bits per heavy atom. The summed E-state index contributed by atoms with van der Waals surface area (Å²) in [5.74, 6) is 3.16. The molecule has 0 aliphatic heterocycles. The van der Waals surface area contributed by atoms with E-state index in [2.05, 4.69) is 26.0 Å². The topological polar surface area (TPSA) is 73.9 Å². The number of hydrogen-bond donors (Lipinski definition) is 0. The Morgan fingerprint density at radius 2 is 1.21 bits per heavy atom. The van der Waals surface area contributed by atoms with Gasteiger partial charge < -0.3 is 8.83 Å². The fourth-order valence-corrected chi connectivity index (χ4v) is 4.83. The molecule has 0 spiro atoms. The van der Waals surface area contributed by atoms with Gasteiger partial charge in [-0.1, -0.05) is 26.0 Å². The summed E-state index contributed by atoms with van der Waals surface area (Å²) in [5, 5.41) is 17.7. The second-order valence-corrected chi connectivity index (χ2v) is 8.49. The number of nitrogens with zero attached hydrogens (tertiary/aromatic N) is 2. The van der Waals surface area contributed by atoms with Crippen molar-refractivity contribution < 1.29 is 8.83 Å². The van der Waals surface area contributed by atoms with E-state index in [4.69, 9.17) is 19.4 Å². The average molecular weight is 455 g/mol. The maximum absolute atomic E-state index is 8.86. The molecular weight excluding hydrogens is 428 g/mol. The highest BCUT2D eigenvalue weighted by Gasteiger charge is 2.21. The van der Waals surface area contributed by atoms with Crippen molar-refractivity contribution in [2.24, 2.45) is 0 Å². The van der Waals surface area contributed by atoms with Crippen molar-refractivity contribution >= 4 is 23.5 Å². The second-order valence-electron chi connectivity index (χ2n) is 7.47. The normalized spacial score (nSPS) is 12.5. The van der Waals surface area contributed by atoms with Crippen LogP contribution in [0.25, 0.3) is 33.4 Å². The first-order valence-electron chi connectivity index (χ1n) is 10.9. The van der Waals surface area contributed by atoms with E-state index in [1.54, 1.807) is 37.3 Å². The van der Waals surface area contributed by atoms with E-state index in [-0.39, 0.29) is 0 Å². The van der Waals surface area contributed by atoms with Gasteiger partial charge in [-0.25, -0.2) is 0 Å². The van der Waals surface area contributed by atoms with Gasteiger partial charge in [0, 0.05) is 11.1 Å². The minimum absolute atomic E-state index is 0.644. The molecule has 0 saturated carbocycles. The monoisotopic (exact) mass is 454 g/mol. The van der Waals surface area contributed by atoms with Gasteiger partial charge in [-0.3, -0.25) is 0 Å². The number of nitriles is 2. The summed E-state index contributed by atoms with van der Waals surface area (Å²) in [6.45, 7) is 7.86. The van der Waals surface area contributed by atoms with Crippen LogP contribution in [0.5, 0.6) is 0 Å². The summed E-state index contributed by atoms with van der Waals surface area (Å²) in [6.07, 6.45) is 12.7. The molecule has 5 heteroatoms. The van der Waals surface area contributed by atoms with Crippen LogP contribution in [-0.4, -0.2) is 0 Å². The molecule has 4 nitrogen and oxygen atoms in total. The van der Waals surface area contributed by atoms with Gasteiger partial charge in [0.25, 0.3) is 0 Å². The molecule has 166 valence electrons. The van der Waals surface area contributed by atoms with Crippen molar-refractivity contribution in [2.75, 3.05) is 0 Å². The van der Waals surface area contributed by atoms with Crippen LogP contribution in [0.1, 0.15) is 50.3 Å². The van der Waals surface area contributed by atoms with Crippen LogP contribution in [0.2, 0.25) is 0 Å². The second kappa shape index (κ2) is 11.2. The quantitative estimate of drug-likeness (QED) is 0.253. The molecule has 0 fully saturated rings. The molecule has 3 heterocycles. The van der Waals surface area contributed by atoms with E-state index in [9.17, 15) is 0 Å². The van der Waals surface area contributed by atoms with Crippen molar-refractivity contribution in [1.82, 2.24) is 0 Å². The van der Waals surface area contributed by atoms with Crippen LogP contribution >= 0.6 is 11.3 Å². The van der Waals surface area contributed by atoms with E-state index in [1.807, 2.05) is 48.6 Å². The molecular formula is C28H26N2O2S. The van der Waals surface area contributed by atoms with Crippen LogP contribution in [0.15, 0.2) is 68.6 Å². The zero-order valence-corrected chi connectivity index (χ0v) is 20.1. The fourth-order valence-electron chi connectivity index (χ4n) is 3.42. The molecule has 0 aliphatic carbocycles. The smallest absolute Gasteiger partial charge is 0.145 e.